The number of hydrogen-bond donors (Lipinski definition) is 2. The first-order valence-electron chi connectivity index (χ1n) is 6.57. The van der Waals surface area contributed by atoms with Crippen molar-refractivity contribution in [3.8, 4) is 0 Å². The second-order valence-electron chi connectivity index (χ2n) is 4.74. The van der Waals surface area contributed by atoms with E-state index in [4.69, 9.17) is 5.11 Å². The maximum absolute atomic E-state index is 12.3. The Morgan fingerprint density at radius 1 is 1.40 bits per heavy atom. The highest BCUT2D eigenvalue weighted by Crippen LogP contribution is 2.15. The summed E-state index contributed by atoms with van der Waals surface area (Å²) in [4.78, 5) is 28.8. The second-order valence-corrected chi connectivity index (χ2v) is 4.74. The van der Waals surface area contributed by atoms with Gasteiger partial charge in [-0.1, -0.05) is 0 Å². The first-order chi connectivity index (χ1) is 9.61. The number of hydrogen-bond acceptors (Lipinski definition) is 5. The molecule has 1 aromatic rings. The van der Waals surface area contributed by atoms with E-state index in [0.717, 1.165) is 13.0 Å². The van der Waals surface area contributed by atoms with Gasteiger partial charge >= 0.3 is 0 Å². The van der Waals surface area contributed by atoms with Crippen LogP contribution in [0.25, 0.3) is 0 Å². The number of aromatic nitrogens is 1. The smallest absolute Gasteiger partial charge is 0.287 e. The van der Waals surface area contributed by atoms with Crippen molar-refractivity contribution < 1.29 is 14.8 Å². The number of H-pyrrole nitrogens is 1. The molecule has 0 unspecified atom stereocenters. The van der Waals surface area contributed by atoms with Crippen LogP contribution in [0.5, 0.6) is 0 Å². The number of carbonyl (C=O) groups excluding carboxylic acids is 1. The third-order valence-electron chi connectivity index (χ3n) is 3.40. The van der Waals surface area contributed by atoms with Gasteiger partial charge in [-0.3, -0.25) is 19.8 Å². The predicted molar refractivity (Wildman–Crippen MR) is 71.5 cm³/mol. The molecular weight excluding hydrogens is 264 g/mol. The van der Waals surface area contributed by atoms with E-state index in [1.165, 1.54) is 12.3 Å². The Labute approximate surface area is 116 Å². The van der Waals surface area contributed by atoms with Crippen LogP contribution in [-0.4, -0.2) is 70.1 Å². The van der Waals surface area contributed by atoms with Crippen molar-refractivity contribution in [3.63, 3.8) is 0 Å². The number of nitrogens with zero attached hydrogens (tertiary/aromatic N) is 3. The van der Waals surface area contributed by atoms with E-state index >= 15 is 0 Å². The molecule has 1 fully saturated rings. The van der Waals surface area contributed by atoms with Gasteiger partial charge in [-0.05, 0) is 13.0 Å². The van der Waals surface area contributed by atoms with Crippen LogP contribution in [0, 0.1) is 10.1 Å². The number of aliphatic hydroxyl groups excluding tert-OH is 1. The molecule has 0 spiro atoms. The molecule has 1 saturated heterocycles. The van der Waals surface area contributed by atoms with Crippen LogP contribution in [0.15, 0.2) is 12.3 Å². The van der Waals surface area contributed by atoms with E-state index in [-0.39, 0.29) is 23.9 Å². The lowest BCUT2D eigenvalue weighted by atomic mass is 10.3. The summed E-state index contributed by atoms with van der Waals surface area (Å²) < 4.78 is 0. The number of carbonyl (C=O) groups is 1. The molecule has 8 nitrogen and oxygen atoms in total. The van der Waals surface area contributed by atoms with Gasteiger partial charge in [0.05, 0.1) is 17.7 Å². The molecule has 2 N–H and O–H groups in total. The zero-order valence-electron chi connectivity index (χ0n) is 11.1. The van der Waals surface area contributed by atoms with E-state index in [9.17, 15) is 14.9 Å². The third kappa shape index (κ3) is 3.34. The van der Waals surface area contributed by atoms with Crippen molar-refractivity contribution in [1.29, 1.82) is 0 Å². The summed E-state index contributed by atoms with van der Waals surface area (Å²) in [5.41, 5.74) is 0.136. The molecule has 0 aliphatic carbocycles. The summed E-state index contributed by atoms with van der Waals surface area (Å²) in [7, 11) is 0. The summed E-state index contributed by atoms with van der Waals surface area (Å²) in [6.07, 6.45) is 2.05. The third-order valence-corrected chi connectivity index (χ3v) is 3.40. The minimum atomic E-state index is -0.529. The van der Waals surface area contributed by atoms with Gasteiger partial charge in [0.15, 0.2) is 0 Å². The Kier molecular flexibility index (Phi) is 4.70. The molecular formula is C12H18N4O4. The summed E-state index contributed by atoms with van der Waals surface area (Å²) in [5, 5.41) is 19.5. The summed E-state index contributed by atoms with van der Waals surface area (Å²) >= 11 is 0. The molecule has 1 amide bonds. The van der Waals surface area contributed by atoms with Crippen molar-refractivity contribution >= 4 is 11.6 Å². The van der Waals surface area contributed by atoms with E-state index in [2.05, 4.69) is 9.88 Å². The highest BCUT2D eigenvalue weighted by atomic mass is 16.6. The molecule has 1 aromatic heterocycles. The lowest BCUT2D eigenvalue weighted by molar-refractivity contribution is -0.384. The van der Waals surface area contributed by atoms with Crippen LogP contribution >= 0.6 is 0 Å². The summed E-state index contributed by atoms with van der Waals surface area (Å²) in [6.45, 7) is 3.44. The quantitative estimate of drug-likeness (QED) is 0.600. The molecule has 0 bridgehead atoms. The first-order valence-corrected chi connectivity index (χ1v) is 6.57. The van der Waals surface area contributed by atoms with Crippen LogP contribution < -0.4 is 0 Å². The number of rotatable bonds is 4. The van der Waals surface area contributed by atoms with Crippen LogP contribution in [0.4, 0.5) is 5.69 Å². The Balaban J connectivity index is 1.99. The maximum Gasteiger partial charge on any atom is 0.287 e. The summed E-state index contributed by atoms with van der Waals surface area (Å²) in [6, 6.07) is 1.26. The second kappa shape index (κ2) is 6.49. The lowest BCUT2D eigenvalue weighted by Crippen LogP contribution is -2.36. The SMILES string of the molecule is O=C(c1cc([N+](=O)[O-])c[nH]1)N1CCCN(CCO)CC1. The van der Waals surface area contributed by atoms with E-state index in [1.807, 2.05) is 0 Å². The molecule has 0 radical (unpaired) electrons. The van der Waals surface area contributed by atoms with E-state index in [1.54, 1.807) is 4.90 Å². The minimum Gasteiger partial charge on any atom is -0.395 e. The number of aliphatic hydroxyl groups is 1. The average Bonchev–Trinajstić information content (AvgIpc) is 2.80. The van der Waals surface area contributed by atoms with Crippen molar-refractivity contribution in [1.82, 2.24) is 14.8 Å². The van der Waals surface area contributed by atoms with E-state index < -0.39 is 4.92 Å². The minimum absolute atomic E-state index is 0.106. The zero-order valence-corrected chi connectivity index (χ0v) is 11.1. The molecule has 1 aliphatic heterocycles. The molecule has 0 atom stereocenters. The van der Waals surface area contributed by atoms with Gasteiger partial charge in [0.1, 0.15) is 5.69 Å². The molecule has 0 saturated carbocycles. The molecule has 2 heterocycles. The molecule has 1 aliphatic rings. The van der Waals surface area contributed by atoms with Crippen molar-refractivity contribution in [3.05, 3.63) is 28.1 Å². The van der Waals surface area contributed by atoms with Gasteiger partial charge in [0.25, 0.3) is 11.6 Å². The molecule has 2 rings (SSSR count). The van der Waals surface area contributed by atoms with Gasteiger partial charge in [0.2, 0.25) is 0 Å². The Morgan fingerprint density at radius 3 is 2.85 bits per heavy atom. The van der Waals surface area contributed by atoms with Gasteiger partial charge in [-0.15, -0.1) is 0 Å². The molecule has 0 aromatic carbocycles. The topological polar surface area (TPSA) is 103 Å². The predicted octanol–water partition coefficient (Wildman–Crippen LogP) is 0.0631. The van der Waals surface area contributed by atoms with Crippen molar-refractivity contribution in [2.75, 3.05) is 39.3 Å². The number of β-amino-alcohol motifs (C(OH)–C–C–N with tert-alkyl or cyclic N) is 1. The Bertz CT molecular complexity index is 488. The van der Waals surface area contributed by atoms with Gasteiger partial charge in [-0.2, -0.15) is 0 Å². The highest BCUT2D eigenvalue weighted by Gasteiger charge is 2.22. The fourth-order valence-electron chi connectivity index (χ4n) is 2.32. The normalized spacial score (nSPS) is 16.9. The Morgan fingerprint density at radius 2 is 2.20 bits per heavy atom. The molecule has 20 heavy (non-hydrogen) atoms. The largest absolute Gasteiger partial charge is 0.395 e. The van der Waals surface area contributed by atoms with Crippen LogP contribution in [-0.2, 0) is 0 Å². The van der Waals surface area contributed by atoms with Crippen molar-refractivity contribution in [2.24, 2.45) is 0 Å². The number of nitro groups is 1. The van der Waals surface area contributed by atoms with Crippen LogP contribution in [0.1, 0.15) is 16.9 Å². The van der Waals surface area contributed by atoms with E-state index in [0.29, 0.717) is 26.2 Å². The summed E-state index contributed by atoms with van der Waals surface area (Å²) in [5.74, 6) is -0.219. The maximum atomic E-state index is 12.3. The van der Waals surface area contributed by atoms with Crippen LogP contribution in [0.3, 0.4) is 0 Å². The molecule has 8 heteroatoms. The number of aromatic amines is 1. The number of amides is 1. The zero-order chi connectivity index (χ0) is 14.5. The lowest BCUT2D eigenvalue weighted by Gasteiger charge is -2.20. The Hall–Kier alpha value is -1.93. The van der Waals surface area contributed by atoms with Gasteiger partial charge < -0.3 is 15.0 Å². The fraction of sp³-hybridized carbons (Fsp3) is 0.583. The van der Waals surface area contributed by atoms with Crippen LogP contribution in [0.2, 0.25) is 0 Å². The fourth-order valence-corrected chi connectivity index (χ4v) is 2.32. The number of nitrogens with one attached hydrogen (secondary N) is 1. The van der Waals surface area contributed by atoms with Gasteiger partial charge in [0, 0.05) is 32.2 Å². The molecule has 110 valence electrons. The van der Waals surface area contributed by atoms with Gasteiger partial charge in [-0.25, -0.2) is 0 Å². The average molecular weight is 282 g/mol. The highest BCUT2D eigenvalue weighted by molar-refractivity contribution is 5.93. The van der Waals surface area contributed by atoms with Crippen molar-refractivity contribution in [2.45, 2.75) is 6.42 Å². The standard InChI is InChI=1S/C12H18N4O4/c17-7-6-14-2-1-3-15(5-4-14)12(18)11-8-10(9-13-11)16(19)20/h8-9,13,17H,1-7H2. The monoisotopic (exact) mass is 282 g/mol. The first kappa shape index (κ1) is 14.5.